The van der Waals surface area contributed by atoms with E-state index in [1.165, 1.54) is 18.7 Å². The van der Waals surface area contributed by atoms with Gasteiger partial charge in [-0.2, -0.15) is 0 Å². The average Bonchev–Trinajstić information content (AvgIpc) is 3.17. The maximum absolute atomic E-state index is 13.9. The Bertz CT molecular complexity index is 987. The van der Waals surface area contributed by atoms with Gasteiger partial charge in [0, 0.05) is 45.2 Å². The van der Waals surface area contributed by atoms with Gasteiger partial charge in [0.2, 0.25) is 11.8 Å². The largest absolute Gasteiger partial charge is 0.494 e. The van der Waals surface area contributed by atoms with Gasteiger partial charge in [0.1, 0.15) is 0 Å². The number of methoxy groups -OCH3 is 1. The molecule has 4 rings (SSSR count). The second kappa shape index (κ2) is 10.3. The summed E-state index contributed by atoms with van der Waals surface area (Å²) in [4.78, 5) is 29.3. The van der Waals surface area contributed by atoms with Crippen molar-refractivity contribution in [2.75, 3.05) is 26.7 Å². The first-order chi connectivity index (χ1) is 15.9. The first-order valence-corrected chi connectivity index (χ1v) is 11.6. The molecular formula is C26H32FN3O3. The topological polar surface area (TPSA) is 61.9 Å². The Morgan fingerprint density at radius 2 is 1.79 bits per heavy atom. The minimum atomic E-state index is -0.348. The number of amides is 2. The van der Waals surface area contributed by atoms with E-state index in [4.69, 9.17) is 4.74 Å². The van der Waals surface area contributed by atoms with Crippen LogP contribution in [-0.4, -0.2) is 54.4 Å². The minimum Gasteiger partial charge on any atom is -0.494 e. The Morgan fingerprint density at radius 3 is 2.45 bits per heavy atom. The van der Waals surface area contributed by atoms with Gasteiger partial charge in [0.15, 0.2) is 11.6 Å². The van der Waals surface area contributed by atoms with E-state index in [1.807, 2.05) is 37.3 Å². The molecule has 176 valence electrons. The molecule has 1 unspecified atom stereocenters. The summed E-state index contributed by atoms with van der Waals surface area (Å²) in [5.74, 6) is -0.367. The van der Waals surface area contributed by atoms with E-state index in [9.17, 15) is 14.0 Å². The van der Waals surface area contributed by atoms with Crippen LogP contribution < -0.4 is 10.1 Å². The number of carbonyl (C=O) groups excluding carboxylic acids is 2. The highest BCUT2D eigenvalue weighted by Crippen LogP contribution is 2.23. The van der Waals surface area contributed by atoms with Gasteiger partial charge in [0.25, 0.3) is 0 Å². The molecule has 0 aliphatic carbocycles. The third-order valence-electron chi connectivity index (χ3n) is 6.64. The van der Waals surface area contributed by atoms with Crippen molar-refractivity contribution in [2.45, 2.75) is 45.3 Å². The van der Waals surface area contributed by atoms with Gasteiger partial charge in [-0.1, -0.05) is 35.9 Å². The van der Waals surface area contributed by atoms with Gasteiger partial charge in [-0.05, 0) is 43.0 Å². The number of piperidine rings is 1. The van der Waals surface area contributed by atoms with Crippen molar-refractivity contribution in [3.8, 4) is 5.75 Å². The molecule has 6 nitrogen and oxygen atoms in total. The predicted molar refractivity (Wildman–Crippen MR) is 124 cm³/mol. The highest BCUT2D eigenvalue weighted by molar-refractivity contribution is 5.89. The number of hydrogen-bond donors (Lipinski definition) is 1. The average molecular weight is 454 g/mol. The third-order valence-corrected chi connectivity index (χ3v) is 6.64. The molecule has 2 heterocycles. The lowest BCUT2D eigenvalue weighted by atomic mass is 10.0. The van der Waals surface area contributed by atoms with E-state index in [2.05, 4.69) is 10.2 Å². The fraction of sp³-hybridized carbons (Fsp3) is 0.462. The fourth-order valence-electron chi connectivity index (χ4n) is 4.64. The molecule has 1 N–H and O–H groups in total. The van der Waals surface area contributed by atoms with Gasteiger partial charge >= 0.3 is 0 Å². The lowest BCUT2D eigenvalue weighted by Crippen LogP contribution is -2.46. The van der Waals surface area contributed by atoms with Crippen molar-refractivity contribution in [3.63, 3.8) is 0 Å². The molecule has 2 aliphatic rings. The zero-order chi connectivity index (χ0) is 23.4. The van der Waals surface area contributed by atoms with Crippen LogP contribution in [0.3, 0.4) is 0 Å². The van der Waals surface area contributed by atoms with Crippen LogP contribution in [0.5, 0.6) is 5.75 Å². The van der Waals surface area contributed by atoms with Crippen LogP contribution in [0.4, 0.5) is 4.39 Å². The van der Waals surface area contributed by atoms with Crippen molar-refractivity contribution in [1.29, 1.82) is 0 Å². The zero-order valence-electron chi connectivity index (χ0n) is 19.4. The minimum absolute atomic E-state index is 0.0227. The van der Waals surface area contributed by atoms with Crippen LogP contribution in [0.25, 0.3) is 0 Å². The Balaban J connectivity index is 1.22. The molecule has 1 atom stereocenters. The Kier molecular flexibility index (Phi) is 7.28. The van der Waals surface area contributed by atoms with Crippen LogP contribution in [-0.2, 0) is 22.7 Å². The highest BCUT2D eigenvalue weighted by Gasteiger charge is 2.35. The molecule has 2 aromatic rings. The summed E-state index contributed by atoms with van der Waals surface area (Å²) in [6.07, 6.45) is 1.97. The summed E-state index contributed by atoms with van der Waals surface area (Å²) in [6.45, 7) is 5.40. The number of carbonyl (C=O) groups is 2. The molecule has 7 heteroatoms. The molecule has 2 fully saturated rings. The SMILES string of the molecule is COc1ccc(CN2CCC(NC(=O)C3CC(=O)N(Cc4ccc(C)cc4)C3)CC2)cc1F. The van der Waals surface area contributed by atoms with E-state index in [-0.39, 0.29) is 41.8 Å². The normalized spacial score (nSPS) is 19.7. The second-order valence-electron chi connectivity index (χ2n) is 9.19. The van der Waals surface area contributed by atoms with Crippen molar-refractivity contribution in [3.05, 3.63) is 65.0 Å². The summed E-state index contributed by atoms with van der Waals surface area (Å²) >= 11 is 0. The van der Waals surface area contributed by atoms with Gasteiger partial charge in [-0.3, -0.25) is 14.5 Å². The molecule has 33 heavy (non-hydrogen) atoms. The van der Waals surface area contributed by atoms with Crippen molar-refractivity contribution in [2.24, 2.45) is 5.92 Å². The first kappa shape index (κ1) is 23.2. The maximum Gasteiger partial charge on any atom is 0.225 e. The zero-order valence-corrected chi connectivity index (χ0v) is 19.4. The standard InChI is InChI=1S/C26H32FN3O3/c1-18-3-5-19(6-4-18)16-30-17-21(14-25(30)31)26(32)28-22-9-11-29(12-10-22)15-20-7-8-24(33-2)23(27)13-20/h3-8,13,21-22H,9-12,14-17H2,1-2H3,(H,28,32). The summed E-state index contributed by atoms with van der Waals surface area (Å²) in [5.41, 5.74) is 3.18. The monoisotopic (exact) mass is 453 g/mol. The van der Waals surface area contributed by atoms with E-state index < -0.39 is 0 Å². The molecule has 0 spiro atoms. The fourth-order valence-corrected chi connectivity index (χ4v) is 4.64. The van der Waals surface area contributed by atoms with Crippen molar-refractivity contribution < 1.29 is 18.7 Å². The van der Waals surface area contributed by atoms with E-state index in [0.29, 0.717) is 19.6 Å². The van der Waals surface area contributed by atoms with Gasteiger partial charge < -0.3 is 15.0 Å². The molecule has 2 aromatic carbocycles. The number of likely N-dealkylation sites (tertiary alicyclic amines) is 2. The quantitative estimate of drug-likeness (QED) is 0.699. The molecular weight excluding hydrogens is 421 g/mol. The first-order valence-electron chi connectivity index (χ1n) is 11.6. The molecule has 2 amide bonds. The van der Waals surface area contributed by atoms with Crippen molar-refractivity contribution >= 4 is 11.8 Å². The number of nitrogens with zero attached hydrogens (tertiary/aromatic N) is 2. The molecule has 0 saturated carbocycles. The lowest BCUT2D eigenvalue weighted by molar-refractivity contribution is -0.129. The van der Waals surface area contributed by atoms with E-state index in [0.717, 1.165) is 37.1 Å². The number of halogens is 1. The number of ether oxygens (including phenoxy) is 1. The van der Waals surface area contributed by atoms with Crippen LogP contribution >= 0.6 is 0 Å². The maximum atomic E-state index is 13.9. The number of aryl methyl sites for hydroxylation is 1. The Hall–Kier alpha value is -2.93. The van der Waals surface area contributed by atoms with E-state index in [1.54, 1.807) is 11.0 Å². The van der Waals surface area contributed by atoms with Crippen LogP contribution in [0.2, 0.25) is 0 Å². The number of hydrogen-bond acceptors (Lipinski definition) is 4. The molecule has 2 aliphatic heterocycles. The molecule has 0 aromatic heterocycles. The summed E-state index contributed by atoms with van der Waals surface area (Å²) in [7, 11) is 1.46. The summed E-state index contributed by atoms with van der Waals surface area (Å²) in [6, 6.07) is 13.3. The van der Waals surface area contributed by atoms with Crippen LogP contribution in [0.1, 0.15) is 36.0 Å². The molecule has 0 bridgehead atoms. The Labute approximate surface area is 194 Å². The van der Waals surface area contributed by atoms with Gasteiger partial charge in [-0.15, -0.1) is 0 Å². The van der Waals surface area contributed by atoms with E-state index >= 15 is 0 Å². The summed E-state index contributed by atoms with van der Waals surface area (Å²) < 4.78 is 18.9. The van der Waals surface area contributed by atoms with Gasteiger partial charge in [0.05, 0.1) is 13.0 Å². The van der Waals surface area contributed by atoms with Gasteiger partial charge in [-0.25, -0.2) is 4.39 Å². The number of nitrogens with one attached hydrogen (secondary N) is 1. The van der Waals surface area contributed by atoms with Crippen LogP contribution in [0, 0.1) is 18.7 Å². The predicted octanol–water partition coefficient (Wildman–Crippen LogP) is 3.27. The van der Waals surface area contributed by atoms with Crippen LogP contribution in [0.15, 0.2) is 42.5 Å². The second-order valence-corrected chi connectivity index (χ2v) is 9.19. The smallest absolute Gasteiger partial charge is 0.225 e. The summed E-state index contributed by atoms with van der Waals surface area (Å²) in [5, 5.41) is 3.16. The molecule has 2 saturated heterocycles. The highest BCUT2D eigenvalue weighted by atomic mass is 19.1. The number of benzene rings is 2. The van der Waals surface area contributed by atoms with Crippen molar-refractivity contribution in [1.82, 2.24) is 15.1 Å². The Morgan fingerprint density at radius 1 is 1.09 bits per heavy atom. The molecule has 0 radical (unpaired) electrons. The lowest BCUT2D eigenvalue weighted by Gasteiger charge is -2.32. The third kappa shape index (κ3) is 5.90. The number of rotatable bonds is 7.